The Morgan fingerprint density at radius 2 is 1.12 bits per heavy atom. The predicted octanol–water partition coefficient (Wildman–Crippen LogP) is 2.07. The van der Waals surface area contributed by atoms with Gasteiger partial charge in [-0.25, -0.2) is 0 Å². The van der Waals surface area contributed by atoms with Gasteiger partial charge in [-0.2, -0.15) is 0 Å². The van der Waals surface area contributed by atoms with E-state index >= 15 is 0 Å². The molecule has 0 radical (unpaired) electrons. The first-order chi connectivity index (χ1) is 8.31. The summed E-state index contributed by atoms with van der Waals surface area (Å²) in [5, 5.41) is 0. The van der Waals surface area contributed by atoms with Crippen molar-refractivity contribution in [1.29, 1.82) is 0 Å². The molecule has 0 aromatic heterocycles. The summed E-state index contributed by atoms with van der Waals surface area (Å²) in [5.41, 5.74) is 0. The zero-order valence-electron chi connectivity index (χ0n) is 10.3. The molecule has 0 aromatic carbocycles. The fraction of sp³-hybridized carbons (Fsp3) is 0.294. The summed E-state index contributed by atoms with van der Waals surface area (Å²) in [6.45, 7) is 5.87. The van der Waals surface area contributed by atoms with Crippen LogP contribution < -0.4 is 0 Å². The first kappa shape index (κ1) is 14.4. The van der Waals surface area contributed by atoms with Crippen molar-refractivity contribution in [3.05, 3.63) is 0 Å². The topological polar surface area (TPSA) is 0 Å². The van der Waals surface area contributed by atoms with Crippen molar-refractivity contribution in [3.63, 3.8) is 0 Å². The standard InChI is InChI=1S/C17H12/c1-4-6-7-8-9-10-11-12-13-14-15-16-17(3)5-2/h17H,5H2,1-3H3. The Kier molecular flexibility index (Phi) is 9.66. The number of hydrogen-bond acceptors (Lipinski definition) is 0. The molecular weight excluding hydrogens is 204 g/mol. The van der Waals surface area contributed by atoms with Gasteiger partial charge in [0.05, 0.1) is 0 Å². The molecule has 0 fully saturated rings. The van der Waals surface area contributed by atoms with Crippen molar-refractivity contribution >= 4 is 0 Å². The third-order valence-electron chi connectivity index (χ3n) is 1.62. The lowest BCUT2D eigenvalue weighted by Crippen LogP contribution is -1.83. The zero-order chi connectivity index (χ0) is 12.8. The maximum atomic E-state index is 2.99. The van der Waals surface area contributed by atoms with Crippen LogP contribution in [0.15, 0.2) is 0 Å². The summed E-state index contributed by atoms with van der Waals surface area (Å²) >= 11 is 0. The highest BCUT2D eigenvalue weighted by atomic mass is 13.9. The highest BCUT2D eigenvalue weighted by Crippen LogP contribution is 1.95. The summed E-state index contributed by atoms with van der Waals surface area (Å²) in [6, 6.07) is 0. The molecule has 0 nitrogen and oxygen atoms in total. The van der Waals surface area contributed by atoms with Crippen LogP contribution in [0.2, 0.25) is 0 Å². The van der Waals surface area contributed by atoms with Crippen LogP contribution in [0.4, 0.5) is 0 Å². The second-order valence-electron chi connectivity index (χ2n) is 2.95. The van der Waals surface area contributed by atoms with Crippen LogP contribution in [0.25, 0.3) is 0 Å². The van der Waals surface area contributed by atoms with Gasteiger partial charge in [0.1, 0.15) is 0 Å². The molecule has 0 aliphatic carbocycles. The third-order valence-corrected chi connectivity index (χ3v) is 1.62. The molecule has 1 unspecified atom stereocenters. The molecular formula is C17H12. The summed E-state index contributed by atoms with van der Waals surface area (Å²) < 4.78 is 0. The van der Waals surface area contributed by atoms with Crippen molar-refractivity contribution < 1.29 is 0 Å². The van der Waals surface area contributed by atoms with E-state index in [0.29, 0.717) is 5.92 Å². The molecule has 0 heteroatoms. The van der Waals surface area contributed by atoms with E-state index < -0.39 is 0 Å². The van der Waals surface area contributed by atoms with Gasteiger partial charge < -0.3 is 0 Å². The molecule has 0 bridgehead atoms. The fourth-order valence-electron chi connectivity index (χ4n) is 0.574. The molecule has 0 saturated carbocycles. The predicted molar refractivity (Wildman–Crippen MR) is 71.8 cm³/mol. The van der Waals surface area contributed by atoms with Crippen molar-refractivity contribution in [3.8, 4) is 71.0 Å². The highest BCUT2D eigenvalue weighted by Gasteiger charge is 1.86. The zero-order valence-corrected chi connectivity index (χ0v) is 10.3. The number of hydrogen-bond donors (Lipinski definition) is 0. The Labute approximate surface area is 105 Å². The Bertz CT molecular complexity index is 594. The van der Waals surface area contributed by atoms with Crippen LogP contribution in [0.1, 0.15) is 27.2 Å². The second-order valence-corrected chi connectivity index (χ2v) is 2.95. The molecule has 17 heavy (non-hydrogen) atoms. The molecule has 0 aliphatic heterocycles. The van der Waals surface area contributed by atoms with Crippen molar-refractivity contribution in [1.82, 2.24) is 0 Å². The Balaban J connectivity index is 4.21. The van der Waals surface area contributed by atoms with E-state index in [1.54, 1.807) is 6.92 Å². The first-order valence-electron chi connectivity index (χ1n) is 5.23. The molecule has 0 saturated heterocycles. The third kappa shape index (κ3) is 11.3. The maximum absolute atomic E-state index is 2.99. The minimum Gasteiger partial charge on any atom is -0.0925 e. The molecule has 0 spiro atoms. The molecule has 0 aromatic rings. The molecule has 0 N–H and O–H groups in total. The largest absolute Gasteiger partial charge is 0.0925 e. The summed E-state index contributed by atoms with van der Waals surface area (Å²) in [6.07, 6.45) is 1.03. The number of rotatable bonds is 1. The van der Waals surface area contributed by atoms with Gasteiger partial charge in [-0.15, -0.1) is 0 Å². The van der Waals surface area contributed by atoms with E-state index in [4.69, 9.17) is 0 Å². The lowest BCUT2D eigenvalue weighted by molar-refractivity contribution is 0.723. The SMILES string of the molecule is CC#CC#CC#CC#CC#CC#CC(C)CC. The van der Waals surface area contributed by atoms with Crippen LogP contribution >= 0.6 is 0 Å². The van der Waals surface area contributed by atoms with Crippen LogP contribution in [0, 0.1) is 77.0 Å². The van der Waals surface area contributed by atoms with Gasteiger partial charge in [0.15, 0.2) is 0 Å². The van der Waals surface area contributed by atoms with Crippen LogP contribution in [0.5, 0.6) is 0 Å². The maximum Gasteiger partial charge on any atom is 0.0182 e. The molecule has 0 amide bonds. The van der Waals surface area contributed by atoms with Crippen molar-refractivity contribution in [2.75, 3.05) is 0 Å². The Morgan fingerprint density at radius 3 is 1.53 bits per heavy atom. The molecule has 1 atom stereocenters. The quantitative estimate of drug-likeness (QED) is 0.589. The van der Waals surface area contributed by atoms with E-state index in [0.717, 1.165) is 6.42 Å². The molecule has 80 valence electrons. The van der Waals surface area contributed by atoms with Crippen LogP contribution in [-0.2, 0) is 0 Å². The van der Waals surface area contributed by atoms with Gasteiger partial charge in [0.25, 0.3) is 0 Å². The molecule has 0 aliphatic rings. The Morgan fingerprint density at radius 1 is 0.706 bits per heavy atom. The van der Waals surface area contributed by atoms with E-state index in [1.165, 1.54) is 0 Å². The van der Waals surface area contributed by atoms with Crippen LogP contribution in [-0.4, -0.2) is 0 Å². The first-order valence-corrected chi connectivity index (χ1v) is 5.23. The molecule has 0 heterocycles. The second kappa shape index (κ2) is 11.4. The smallest absolute Gasteiger partial charge is 0.0182 e. The minimum atomic E-state index is 0.381. The Hall–Kier alpha value is -2.64. The van der Waals surface area contributed by atoms with Gasteiger partial charge in [-0.05, 0) is 72.5 Å². The fourth-order valence-corrected chi connectivity index (χ4v) is 0.574. The summed E-state index contributed by atoms with van der Waals surface area (Å²) in [7, 11) is 0. The minimum absolute atomic E-state index is 0.381. The van der Waals surface area contributed by atoms with Gasteiger partial charge in [0, 0.05) is 5.92 Å². The van der Waals surface area contributed by atoms with Gasteiger partial charge in [-0.1, -0.05) is 25.7 Å². The average molecular weight is 216 g/mol. The van der Waals surface area contributed by atoms with E-state index in [1.807, 2.05) is 0 Å². The van der Waals surface area contributed by atoms with Crippen LogP contribution in [0.3, 0.4) is 0 Å². The van der Waals surface area contributed by atoms with E-state index in [2.05, 4.69) is 84.9 Å². The van der Waals surface area contributed by atoms with E-state index in [-0.39, 0.29) is 0 Å². The van der Waals surface area contributed by atoms with E-state index in [9.17, 15) is 0 Å². The van der Waals surface area contributed by atoms with Gasteiger partial charge in [-0.3, -0.25) is 0 Å². The summed E-state index contributed by atoms with van der Waals surface area (Å²) in [5.74, 6) is 31.9. The van der Waals surface area contributed by atoms with Crippen molar-refractivity contribution in [2.24, 2.45) is 5.92 Å². The van der Waals surface area contributed by atoms with Crippen molar-refractivity contribution in [2.45, 2.75) is 27.2 Å². The molecule has 0 rings (SSSR count). The average Bonchev–Trinajstić information content (AvgIpc) is 2.35. The lowest BCUT2D eigenvalue weighted by Gasteiger charge is -1.91. The lowest BCUT2D eigenvalue weighted by atomic mass is 10.1. The normalized spacial score (nSPS) is 7.24. The monoisotopic (exact) mass is 216 g/mol. The summed E-state index contributed by atoms with van der Waals surface area (Å²) in [4.78, 5) is 0. The highest BCUT2D eigenvalue weighted by molar-refractivity contribution is 5.44. The van der Waals surface area contributed by atoms with Gasteiger partial charge in [0.2, 0.25) is 0 Å². The van der Waals surface area contributed by atoms with Gasteiger partial charge >= 0.3 is 0 Å².